The predicted molar refractivity (Wildman–Crippen MR) is 117 cm³/mol. The molecule has 1 aromatic heterocycles. The van der Waals surface area contributed by atoms with E-state index in [9.17, 15) is 4.79 Å². The average molecular weight is 406 g/mol. The van der Waals surface area contributed by atoms with Crippen molar-refractivity contribution in [2.45, 2.75) is 29.8 Å². The minimum atomic E-state index is -0.241. The molecule has 0 unspecified atom stereocenters. The number of rotatable bonds is 6. The van der Waals surface area contributed by atoms with Crippen molar-refractivity contribution in [3.05, 3.63) is 77.6 Å². The van der Waals surface area contributed by atoms with E-state index in [4.69, 9.17) is 4.42 Å². The van der Waals surface area contributed by atoms with Gasteiger partial charge in [-0.3, -0.25) is 4.79 Å². The molecule has 1 aliphatic rings. The summed E-state index contributed by atoms with van der Waals surface area (Å²) >= 11 is 1.55. The Bertz CT molecular complexity index is 988. The lowest BCUT2D eigenvalue weighted by atomic mass is 10.2. The third kappa shape index (κ3) is 5.09. The molecule has 0 atom stereocenters. The summed E-state index contributed by atoms with van der Waals surface area (Å²) in [5.74, 6) is 0.347. The van der Waals surface area contributed by atoms with Crippen molar-refractivity contribution < 1.29 is 9.21 Å². The van der Waals surface area contributed by atoms with Crippen molar-refractivity contribution in [2.24, 2.45) is 5.10 Å². The van der Waals surface area contributed by atoms with Gasteiger partial charge in [0.05, 0.1) is 6.21 Å². The summed E-state index contributed by atoms with van der Waals surface area (Å²) in [5.41, 5.74) is 5.52. The molecule has 6 heteroatoms. The quantitative estimate of drug-likeness (QED) is 0.458. The van der Waals surface area contributed by atoms with Gasteiger partial charge < -0.3 is 9.32 Å². The van der Waals surface area contributed by atoms with Crippen LogP contribution in [0.15, 0.2) is 80.2 Å². The molecule has 0 bridgehead atoms. The highest BCUT2D eigenvalue weighted by atomic mass is 32.2. The number of amides is 1. The number of aryl methyl sites for hydroxylation is 1. The standard InChI is InChI=1S/C23H23N3O2S/c1-17-4-11-21(12-5-17)29-22-13-10-20(28-22)16-24-25-23(27)18-6-8-19(9-7-18)26-14-2-3-15-26/h4-13,16H,2-3,14-15H2,1H3,(H,25,27)/b24-16-. The number of nitrogens with zero attached hydrogens (tertiary/aromatic N) is 2. The van der Waals surface area contributed by atoms with Gasteiger partial charge in [-0.05, 0) is 68.3 Å². The predicted octanol–water partition coefficient (Wildman–Crippen LogP) is 5.10. The first kappa shape index (κ1) is 19.3. The number of carbonyl (C=O) groups excluding carboxylic acids is 1. The number of benzene rings is 2. The van der Waals surface area contributed by atoms with Gasteiger partial charge in [0, 0.05) is 29.2 Å². The first-order valence-electron chi connectivity index (χ1n) is 9.70. The van der Waals surface area contributed by atoms with Gasteiger partial charge in [0.15, 0.2) is 5.09 Å². The zero-order valence-electron chi connectivity index (χ0n) is 16.3. The third-order valence-corrected chi connectivity index (χ3v) is 5.73. The van der Waals surface area contributed by atoms with E-state index in [2.05, 4.69) is 46.6 Å². The first-order valence-corrected chi connectivity index (χ1v) is 10.5. The van der Waals surface area contributed by atoms with Gasteiger partial charge in [0.25, 0.3) is 5.91 Å². The van der Waals surface area contributed by atoms with E-state index in [0.29, 0.717) is 11.3 Å². The Labute approximate surface area is 174 Å². The van der Waals surface area contributed by atoms with Crippen molar-refractivity contribution in [3.8, 4) is 0 Å². The van der Waals surface area contributed by atoms with Gasteiger partial charge in [-0.15, -0.1) is 0 Å². The second-order valence-electron chi connectivity index (χ2n) is 7.01. The molecular formula is C23H23N3O2S. The van der Waals surface area contributed by atoms with E-state index in [1.807, 2.05) is 36.4 Å². The molecule has 148 valence electrons. The fourth-order valence-corrected chi connectivity index (χ4v) is 3.98. The van der Waals surface area contributed by atoms with Gasteiger partial charge in [-0.1, -0.05) is 29.5 Å². The SMILES string of the molecule is Cc1ccc(Sc2ccc(/C=N\NC(=O)c3ccc(N4CCCC4)cc3)o2)cc1. The molecular weight excluding hydrogens is 382 g/mol. The molecule has 2 aromatic carbocycles. The topological polar surface area (TPSA) is 57.8 Å². The molecule has 0 spiro atoms. The van der Waals surface area contributed by atoms with Crippen molar-refractivity contribution in [1.82, 2.24) is 5.43 Å². The Balaban J connectivity index is 1.31. The van der Waals surface area contributed by atoms with Crippen LogP contribution < -0.4 is 10.3 Å². The van der Waals surface area contributed by atoms with Crippen LogP contribution in [0, 0.1) is 6.92 Å². The molecule has 1 amide bonds. The molecule has 29 heavy (non-hydrogen) atoms. The molecule has 1 fully saturated rings. The van der Waals surface area contributed by atoms with Crippen molar-refractivity contribution in [2.75, 3.05) is 18.0 Å². The second kappa shape index (κ2) is 9.01. The summed E-state index contributed by atoms with van der Waals surface area (Å²) in [7, 11) is 0. The highest BCUT2D eigenvalue weighted by Gasteiger charge is 2.13. The lowest BCUT2D eigenvalue weighted by molar-refractivity contribution is 0.0955. The molecule has 0 saturated carbocycles. The molecule has 0 aliphatic carbocycles. The van der Waals surface area contributed by atoms with E-state index >= 15 is 0 Å². The second-order valence-corrected chi connectivity index (χ2v) is 8.09. The van der Waals surface area contributed by atoms with Crippen LogP contribution in [0.3, 0.4) is 0 Å². The number of hydrogen-bond acceptors (Lipinski definition) is 5. The van der Waals surface area contributed by atoms with Gasteiger partial charge in [0.2, 0.25) is 0 Å². The molecule has 1 aliphatic heterocycles. The normalized spacial score (nSPS) is 13.9. The summed E-state index contributed by atoms with van der Waals surface area (Å²) < 4.78 is 5.73. The summed E-state index contributed by atoms with van der Waals surface area (Å²) in [4.78, 5) is 15.7. The maximum atomic E-state index is 12.3. The van der Waals surface area contributed by atoms with E-state index < -0.39 is 0 Å². The van der Waals surface area contributed by atoms with Gasteiger partial charge in [-0.2, -0.15) is 5.10 Å². The van der Waals surface area contributed by atoms with Crippen LogP contribution in [0.25, 0.3) is 0 Å². The number of anilines is 1. The number of furan rings is 1. The van der Waals surface area contributed by atoms with Crippen LogP contribution in [-0.2, 0) is 0 Å². The number of carbonyl (C=O) groups is 1. The maximum absolute atomic E-state index is 12.3. The Kier molecular flexibility index (Phi) is 6.00. The van der Waals surface area contributed by atoms with Gasteiger partial charge >= 0.3 is 0 Å². The summed E-state index contributed by atoms with van der Waals surface area (Å²) in [6.45, 7) is 4.23. The largest absolute Gasteiger partial charge is 0.448 e. The van der Waals surface area contributed by atoms with Crippen LogP contribution in [0.2, 0.25) is 0 Å². The highest BCUT2D eigenvalue weighted by molar-refractivity contribution is 7.99. The monoisotopic (exact) mass is 405 g/mol. The van der Waals surface area contributed by atoms with Crippen LogP contribution in [0.4, 0.5) is 5.69 Å². The number of hydrazone groups is 1. The lowest BCUT2D eigenvalue weighted by Crippen LogP contribution is -2.19. The molecule has 2 heterocycles. The van der Waals surface area contributed by atoms with Crippen molar-refractivity contribution >= 4 is 29.6 Å². The molecule has 0 radical (unpaired) electrons. The van der Waals surface area contributed by atoms with E-state index in [1.54, 1.807) is 11.8 Å². The highest BCUT2D eigenvalue weighted by Crippen LogP contribution is 2.29. The Morgan fingerprint density at radius 3 is 2.48 bits per heavy atom. The Morgan fingerprint density at radius 2 is 1.76 bits per heavy atom. The van der Waals surface area contributed by atoms with E-state index in [1.165, 1.54) is 24.6 Å². The molecule has 1 N–H and O–H groups in total. The molecule has 3 aromatic rings. The van der Waals surface area contributed by atoms with E-state index in [-0.39, 0.29) is 5.91 Å². The molecule has 1 saturated heterocycles. The van der Waals surface area contributed by atoms with E-state index in [0.717, 1.165) is 28.8 Å². The Morgan fingerprint density at radius 1 is 1.03 bits per heavy atom. The van der Waals surface area contributed by atoms with Gasteiger partial charge in [-0.25, -0.2) is 5.43 Å². The fraction of sp³-hybridized carbons (Fsp3) is 0.217. The lowest BCUT2D eigenvalue weighted by Gasteiger charge is -2.17. The maximum Gasteiger partial charge on any atom is 0.271 e. The first-order chi connectivity index (χ1) is 14.2. The third-order valence-electron chi connectivity index (χ3n) is 4.80. The zero-order valence-corrected chi connectivity index (χ0v) is 17.1. The summed E-state index contributed by atoms with van der Waals surface area (Å²) in [6, 6.07) is 19.6. The number of hydrogen-bond donors (Lipinski definition) is 1. The van der Waals surface area contributed by atoms with Crippen LogP contribution in [-0.4, -0.2) is 25.2 Å². The van der Waals surface area contributed by atoms with Crippen molar-refractivity contribution in [1.29, 1.82) is 0 Å². The molecule has 4 rings (SSSR count). The fourth-order valence-electron chi connectivity index (χ4n) is 3.20. The minimum absolute atomic E-state index is 0.241. The minimum Gasteiger partial charge on any atom is -0.448 e. The molecule has 5 nitrogen and oxygen atoms in total. The Hall–Kier alpha value is -2.99. The summed E-state index contributed by atoms with van der Waals surface area (Å²) in [6.07, 6.45) is 3.97. The number of nitrogens with one attached hydrogen (secondary N) is 1. The average Bonchev–Trinajstić information content (AvgIpc) is 3.42. The van der Waals surface area contributed by atoms with Crippen LogP contribution >= 0.6 is 11.8 Å². The van der Waals surface area contributed by atoms with Crippen LogP contribution in [0.1, 0.15) is 34.5 Å². The van der Waals surface area contributed by atoms with Crippen LogP contribution in [0.5, 0.6) is 0 Å². The zero-order chi connectivity index (χ0) is 20.1. The van der Waals surface area contributed by atoms with Gasteiger partial charge in [0.1, 0.15) is 5.76 Å². The van der Waals surface area contributed by atoms with Crippen molar-refractivity contribution in [3.63, 3.8) is 0 Å². The smallest absolute Gasteiger partial charge is 0.271 e. The summed E-state index contributed by atoms with van der Waals surface area (Å²) in [5, 5.41) is 4.79.